The van der Waals surface area contributed by atoms with Crippen molar-refractivity contribution >= 4 is 153 Å². The standard InChI is InChI=1S/C58H34S2/c1-3-7-39-21-47-25-43-17-35(9-13-41(43)23-45(47)19-37(39)5-1)11-15-55-31-53-29-49-27-50-30-54-32-56(60-58(54)34-52(50)28-51(49)33-57(53)59-55)16-12-36-10-14-42-24-46-20-38-6-2-4-8-40(38)22-48(46)26-44(42)18-36/h1-34H. The molecule has 0 aliphatic carbocycles. The van der Waals surface area contributed by atoms with Gasteiger partial charge in [-0.05, 0) is 229 Å². The monoisotopic (exact) mass is 794 g/mol. The van der Waals surface area contributed by atoms with E-state index in [0.29, 0.717) is 0 Å². The summed E-state index contributed by atoms with van der Waals surface area (Å²) in [7, 11) is 0. The maximum atomic E-state index is 2.37. The fourth-order valence-electron chi connectivity index (χ4n) is 9.27. The number of hydrogen-bond donors (Lipinski definition) is 0. The van der Waals surface area contributed by atoms with Gasteiger partial charge in [-0.3, -0.25) is 0 Å². The highest BCUT2D eigenvalue weighted by Gasteiger charge is 2.09. The van der Waals surface area contributed by atoms with E-state index in [4.69, 9.17) is 0 Å². The molecule has 2 aromatic heterocycles. The zero-order chi connectivity index (χ0) is 39.3. The van der Waals surface area contributed by atoms with E-state index in [1.54, 1.807) is 0 Å². The Morgan fingerprint density at radius 1 is 0.217 bits per heavy atom. The van der Waals surface area contributed by atoms with Crippen LogP contribution in [0.5, 0.6) is 0 Å². The van der Waals surface area contributed by atoms with E-state index in [-0.39, 0.29) is 0 Å². The summed E-state index contributed by atoms with van der Waals surface area (Å²) in [6, 6.07) is 68.2. The summed E-state index contributed by atoms with van der Waals surface area (Å²) in [6.07, 6.45) is 9.04. The van der Waals surface area contributed by atoms with Crippen LogP contribution in [0, 0.1) is 0 Å². The maximum Gasteiger partial charge on any atom is 0.0355 e. The van der Waals surface area contributed by atoms with Gasteiger partial charge in [-0.2, -0.15) is 0 Å². The van der Waals surface area contributed by atoms with Gasteiger partial charge in [-0.25, -0.2) is 0 Å². The Balaban J connectivity index is 0.776. The van der Waals surface area contributed by atoms with Crippen LogP contribution < -0.4 is 0 Å². The summed E-state index contributed by atoms with van der Waals surface area (Å²) >= 11 is 3.72. The predicted octanol–water partition coefficient (Wildman–Crippen LogP) is 17.7. The number of rotatable bonds is 4. The molecule has 13 rings (SSSR count). The molecule has 0 nitrogen and oxygen atoms in total. The Hall–Kier alpha value is -7.10. The predicted molar refractivity (Wildman–Crippen MR) is 268 cm³/mol. The Kier molecular flexibility index (Phi) is 7.45. The van der Waals surface area contributed by atoms with Gasteiger partial charge in [0.1, 0.15) is 0 Å². The van der Waals surface area contributed by atoms with Crippen molar-refractivity contribution in [1.29, 1.82) is 0 Å². The molecule has 0 bridgehead atoms. The van der Waals surface area contributed by atoms with Crippen LogP contribution in [0.25, 0.3) is 131 Å². The summed E-state index contributed by atoms with van der Waals surface area (Å²) in [4.78, 5) is 2.53. The Labute approximate surface area is 354 Å². The summed E-state index contributed by atoms with van der Waals surface area (Å²) in [5.41, 5.74) is 2.43. The molecule has 60 heavy (non-hydrogen) atoms. The van der Waals surface area contributed by atoms with Crippen molar-refractivity contribution < 1.29 is 0 Å². The molecular formula is C58H34S2. The average Bonchev–Trinajstić information content (AvgIpc) is 3.87. The first kappa shape index (κ1) is 33.8. The Morgan fingerprint density at radius 2 is 0.500 bits per heavy atom. The lowest BCUT2D eigenvalue weighted by atomic mass is 9.98. The minimum Gasteiger partial charge on any atom is -0.136 e. The summed E-state index contributed by atoms with van der Waals surface area (Å²) in [6.45, 7) is 0. The first-order chi connectivity index (χ1) is 29.6. The summed E-state index contributed by atoms with van der Waals surface area (Å²) in [5, 5.41) is 23.1. The smallest absolute Gasteiger partial charge is 0.0355 e. The summed E-state index contributed by atoms with van der Waals surface area (Å²) in [5.74, 6) is 0. The largest absolute Gasteiger partial charge is 0.136 e. The average molecular weight is 795 g/mol. The molecule has 2 heteroatoms. The molecule has 2 heterocycles. The minimum atomic E-state index is 1.21. The molecule has 13 aromatic rings. The van der Waals surface area contributed by atoms with Crippen LogP contribution in [0.4, 0.5) is 0 Å². The quantitative estimate of drug-likeness (QED) is 0.156. The van der Waals surface area contributed by atoms with Crippen LogP contribution in [0.1, 0.15) is 20.9 Å². The Morgan fingerprint density at radius 3 is 0.867 bits per heavy atom. The molecular weight excluding hydrogens is 761 g/mol. The third-order valence-corrected chi connectivity index (χ3v) is 14.5. The van der Waals surface area contributed by atoms with Gasteiger partial charge in [-0.1, -0.05) is 84.9 Å². The maximum absolute atomic E-state index is 2.37. The SMILES string of the molecule is C(=Cc1cc2cc3cc4cc5cc(C=Cc6ccc7cc8cc9ccccc9cc8cc7c6)sc5cc4cc3cc2s1)c1ccc2cc3cc4ccccc4cc3cc2c1. The molecule has 11 aromatic carbocycles. The third-order valence-electron chi connectivity index (χ3n) is 12.4. The molecule has 0 atom stereocenters. The third kappa shape index (κ3) is 5.87. The van der Waals surface area contributed by atoms with Crippen molar-refractivity contribution in [1.82, 2.24) is 0 Å². The normalized spacial score (nSPS) is 12.5. The van der Waals surface area contributed by atoms with E-state index in [1.165, 1.54) is 127 Å². The topological polar surface area (TPSA) is 0 Å². The molecule has 278 valence electrons. The first-order valence-corrected chi connectivity index (χ1v) is 22.1. The highest BCUT2D eigenvalue weighted by atomic mass is 32.1. The first-order valence-electron chi connectivity index (χ1n) is 20.5. The van der Waals surface area contributed by atoms with E-state index in [0.717, 1.165) is 0 Å². The van der Waals surface area contributed by atoms with E-state index in [2.05, 4.69) is 206 Å². The highest BCUT2D eigenvalue weighted by Crippen LogP contribution is 2.37. The van der Waals surface area contributed by atoms with Gasteiger partial charge in [0.15, 0.2) is 0 Å². The van der Waals surface area contributed by atoms with Crippen molar-refractivity contribution in [2.45, 2.75) is 0 Å². The van der Waals surface area contributed by atoms with Gasteiger partial charge in [-0.15, -0.1) is 22.7 Å². The number of fused-ring (bicyclic) bond motifs is 10. The molecule has 0 saturated carbocycles. The van der Waals surface area contributed by atoms with E-state index in [9.17, 15) is 0 Å². The van der Waals surface area contributed by atoms with Crippen molar-refractivity contribution in [3.63, 3.8) is 0 Å². The van der Waals surface area contributed by atoms with Gasteiger partial charge in [0.05, 0.1) is 0 Å². The number of benzene rings is 11. The van der Waals surface area contributed by atoms with Crippen molar-refractivity contribution in [3.8, 4) is 0 Å². The van der Waals surface area contributed by atoms with Gasteiger partial charge in [0, 0.05) is 19.2 Å². The molecule has 0 aliphatic rings. The second-order valence-electron chi connectivity index (χ2n) is 16.3. The van der Waals surface area contributed by atoms with Crippen LogP contribution in [-0.4, -0.2) is 0 Å². The minimum absolute atomic E-state index is 1.21. The summed E-state index contributed by atoms with van der Waals surface area (Å²) < 4.78 is 2.64. The molecule has 0 unspecified atom stereocenters. The van der Waals surface area contributed by atoms with Gasteiger partial charge in [0.2, 0.25) is 0 Å². The van der Waals surface area contributed by atoms with Crippen molar-refractivity contribution in [2.75, 3.05) is 0 Å². The molecule has 0 N–H and O–H groups in total. The molecule has 0 aliphatic heterocycles. The van der Waals surface area contributed by atoms with Crippen LogP contribution in [0.15, 0.2) is 182 Å². The van der Waals surface area contributed by atoms with Crippen LogP contribution >= 0.6 is 22.7 Å². The van der Waals surface area contributed by atoms with Crippen LogP contribution in [0.3, 0.4) is 0 Å². The zero-order valence-electron chi connectivity index (χ0n) is 32.4. The van der Waals surface area contributed by atoms with Crippen molar-refractivity contribution in [3.05, 3.63) is 203 Å². The van der Waals surface area contributed by atoms with Crippen LogP contribution in [-0.2, 0) is 0 Å². The molecule has 0 radical (unpaired) electrons. The molecule has 0 spiro atoms. The Bertz CT molecular complexity index is 3660. The lowest BCUT2D eigenvalue weighted by molar-refractivity contribution is 1.73. The van der Waals surface area contributed by atoms with Crippen LogP contribution in [0.2, 0.25) is 0 Å². The van der Waals surface area contributed by atoms with Gasteiger partial charge < -0.3 is 0 Å². The fraction of sp³-hybridized carbons (Fsp3) is 0. The lowest BCUT2D eigenvalue weighted by Crippen LogP contribution is -1.80. The van der Waals surface area contributed by atoms with E-state index in [1.807, 2.05) is 22.7 Å². The lowest BCUT2D eigenvalue weighted by Gasteiger charge is -2.06. The fourth-order valence-corrected chi connectivity index (χ4v) is 11.3. The number of thiophene rings is 2. The zero-order valence-corrected chi connectivity index (χ0v) is 34.1. The molecule has 0 saturated heterocycles. The van der Waals surface area contributed by atoms with Gasteiger partial charge >= 0.3 is 0 Å². The molecule has 0 amide bonds. The van der Waals surface area contributed by atoms with E-state index >= 15 is 0 Å². The van der Waals surface area contributed by atoms with Crippen molar-refractivity contribution in [2.24, 2.45) is 0 Å². The van der Waals surface area contributed by atoms with E-state index < -0.39 is 0 Å². The second-order valence-corrected chi connectivity index (χ2v) is 18.5. The highest BCUT2D eigenvalue weighted by molar-refractivity contribution is 7.20. The number of hydrogen-bond acceptors (Lipinski definition) is 2. The van der Waals surface area contributed by atoms with Gasteiger partial charge in [0.25, 0.3) is 0 Å². The second kappa shape index (κ2) is 13.2. The molecule has 0 fully saturated rings.